The highest BCUT2D eigenvalue weighted by atomic mass is 32.2. The summed E-state index contributed by atoms with van der Waals surface area (Å²) in [6.07, 6.45) is 0. The maximum Gasteiger partial charge on any atom is 0.334 e. The van der Waals surface area contributed by atoms with E-state index in [1.165, 1.54) is 0 Å². The molecule has 0 amide bonds. The van der Waals surface area contributed by atoms with Gasteiger partial charge in [-0.15, -0.1) is 0 Å². The molecule has 0 N–H and O–H groups in total. The summed E-state index contributed by atoms with van der Waals surface area (Å²) < 4.78 is 16.6. The van der Waals surface area contributed by atoms with Gasteiger partial charge in [0.25, 0.3) is 0 Å². The Morgan fingerprint density at radius 1 is 1.38 bits per heavy atom. The van der Waals surface area contributed by atoms with Crippen LogP contribution in [-0.2, 0) is 20.3 Å². The lowest BCUT2D eigenvalue weighted by atomic mass is 10.4. The monoisotopic (exact) mass is 238 g/mol. The number of rotatable bonds is 5. The van der Waals surface area contributed by atoms with Gasteiger partial charge in [-0.2, -0.15) is 0 Å². The molecule has 1 atom stereocenters. The molecular weight excluding hydrogens is 224 g/mol. The minimum absolute atomic E-state index is 0.114. The fraction of sp³-hybridized carbons (Fsp3) is 0.250. The lowest BCUT2D eigenvalue weighted by Crippen LogP contribution is -2.12. The van der Waals surface area contributed by atoms with Crippen LogP contribution < -0.4 is 0 Å². The molecule has 1 aromatic rings. The molecule has 0 fully saturated rings. The standard InChI is InChI=1S/C12H14O3S/c1-3-15-12(13)10(2)9-16(14)11-7-5-4-6-8-11/h4-8H,2-3,9H2,1H3. The van der Waals surface area contributed by atoms with Crippen LogP contribution >= 0.6 is 0 Å². The van der Waals surface area contributed by atoms with Gasteiger partial charge in [0.1, 0.15) is 0 Å². The van der Waals surface area contributed by atoms with Crippen molar-refractivity contribution in [2.45, 2.75) is 11.8 Å². The summed E-state index contributed by atoms with van der Waals surface area (Å²) in [4.78, 5) is 11.9. The number of carbonyl (C=O) groups is 1. The SMILES string of the molecule is C=C(CS(=O)c1ccccc1)C(=O)OCC. The van der Waals surface area contributed by atoms with Crippen LogP contribution in [0, 0.1) is 0 Å². The van der Waals surface area contributed by atoms with Gasteiger partial charge in [-0.1, -0.05) is 24.8 Å². The van der Waals surface area contributed by atoms with Crippen LogP contribution in [0.25, 0.3) is 0 Å². The molecule has 0 aliphatic heterocycles. The van der Waals surface area contributed by atoms with Crippen LogP contribution in [-0.4, -0.2) is 22.5 Å². The van der Waals surface area contributed by atoms with E-state index in [2.05, 4.69) is 6.58 Å². The first-order valence-electron chi connectivity index (χ1n) is 4.93. The molecule has 1 rings (SSSR count). The topological polar surface area (TPSA) is 43.4 Å². The van der Waals surface area contributed by atoms with Crippen molar-refractivity contribution < 1.29 is 13.7 Å². The minimum atomic E-state index is -1.24. The van der Waals surface area contributed by atoms with Crippen LogP contribution in [0.3, 0.4) is 0 Å². The third-order valence-corrected chi connectivity index (χ3v) is 3.28. The van der Waals surface area contributed by atoms with Crippen molar-refractivity contribution in [3.05, 3.63) is 42.5 Å². The van der Waals surface area contributed by atoms with Gasteiger partial charge in [0.05, 0.1) is 23.2 Å². The quantitative estimate of drug-likeness (QED) is 0.581. The predicted molar refractivity (Wildman–Crippen MR) is 63.5 cm³/mol. The molecule has 0 saturated carbocycles. The summed E-state index contributed by atoms with van der Waals surface area (Å²) in [5.41, 5.74) is 0.240. The van der Waals surface area contributed by atoms with Gasteiger partial charge in [0, 0.05) is 10.5 Å². The van der Waals surface area contributed by atoms with Crippen molar-refractivity contribution in [3.63, 3.8) is 0 Å². The molecule has 0 heterocycles. The zero-order valence-electron chi connectivity index (χ0n) is 9.14. The first kappa shape index (κ1) is 12.6. The van der Waals surface area contributed by atoms with Crippen molar-refractivity contribution in [2.24, 2.45) is 0 Å². The van der Waals surface area contributed by atoms with Gasteiger partial charge in [-0.25, -0.2) is 4.79 Å². The third-order valence-electron chi connectivity index (χ3n) is 1.88. The molecular formula is C12H14O3S. The molecule has 1 unspecified atom stereocenters. The lowest BCUT2D eigenvalue weighted by Gasteiger charge is -2.05. The first-order valence-corrected chi connectivity index (χ1v) is 6.25. The first-order chi connectivity index (χ1) is 7.65. The highest BCUT2D eigenvalue weighted by Gasteiger charge is 2.12. The Morgan fingerprint density at radius 2 is 2.00 bits per heavy atom. The zero-order chi connectivity index (χ0) is 12.0. The summed E-state index contributed by atoms with van der Waals surface area (Å²) in [7, 11) is -1.24. The molecule has 0 aliphatic rings. The maximum atomic E-state index is 11.8. The van der Waals surface area contributed by atoms with E-state index in [4.69, 9.17) is 4.74 Å². The molecule has 1 aromatic carbocycles. The second kappa shape index (κ2) is 6.23. The zero-order valence-corrected chi connectivity index (χ0v) is 9.96. The Kier molecular flexibility index (Phi) is 4.92. The van der Waals surface area contributed by atoms with E-state index in [0.717, 1.165) is 0 Å². The van der Waals surface area contributed by atoms with Crippen LogP contribution in [0.15, 0.2) is 47.4 Å². The molecule has 0 bridgehead atoms. The highest BCUT2D eigenvalue weighted by Crippen LogP contribution is 2.09. The Morgan fingerprint density at radius 3 is 2.56 bits per heavy atom. The molecule has 3 nitrogen and oxygen atoms in total. The number of esters is 1. The minimum Gasteiger partial charge on any atom is -0.463 e. The number of hydrogen-bond donors (Lipinski definition) is 0. The molecule has 86 valence electrons. The van der Waals surface area contributed by atoms with Crippen LogP contribution in [0.1, 0.15) is 6.92 Å². The Balaban J connectivity index is 2.59. The van der Waals surface area contributed by atoms with Crippen molar-refractivity contribution in [3.8, 4) is 0 Å². The number of carbonyl (C=O) groups excluding carboxylic acids is 1. The molecule has 4 heteroatoms. The van der Waals surface area contributed by atoms with E-state index >= 15 is 0 Å². The Hall–Kier alpha value is -1.42. The summed E-state index contributed by atoms with van der Waals surface area (Å²) in [5.74, 6) is -0.366. The summed E-state index contributed by atoms with van der Waals surface area (Å²) in [5, 5.41) is 0. The molecule has 0 aromatic heterocycles. The lowest BCUT2D eigenvalue weighted by molar-refractivity contribution is -0.138. The second-order valence-corrected chi connectivity index (χ2v) is 4.58. The second-order valence-electron chi connectivity index (χ2n) is 3.13. The normalized spacial score (nSPS) is 11.8. The number of benzene rings is 1. The van der Waals surface area contributed by atoms with Crippen LogP contribution in [0.4, 0.5) is 0 Å². The molecule has 0 saturated heterocycles. The van der Waals surface area contributed by atoms with Crippen molar-refractivity contribution >= 4 is 16.8 Å². The number of ether oxygens (including phenoxy) is 1. The Bertz CT molecular complexity index is 398. The fourth-order valence-electron chi connectivity index (χ4n) is 1.11. The van der Waals surface area contributed by atoms with Gasteiger partial charge in [0.2, 0.25) is 0 Å². The van der Waals surface area contributed by atoms with Gasteiger partial charge >= 0.3 is 5.97 Å². The Labute approximate surface area is 97.6 Å². The summed E-state index contributed by atoms with van der Waals surface area (Å²) >= 11 is 0. The average Bonchev–Trinajstić information content (AvgIpc) is 2.30. The van der Waals surface area contributed by atoms with Crippen LogP contribution in [0.5, 0.6) is 0 Å². The highest BCUT2D eigenvalue weighted by molar-refractivity contribution is 7.85. The van der Waals surface area contributed by atoms with E-state index in [-0.39, 0.29) is 11.3 Å². The van der Waals surface area contributed by atoms with Gasteiger partial charge < -0.3 is 4.74 Å². The summed E-state index contributed by atoms with van der Waals surface area (Å²) in [6, 6.07) is 8.98. The average molecular weight is 238 g/mol. The van der Waals surface area contributed by atoms with Crippen molar-refractivity contribution in [1.82, 2.24) is 0 Å². The van der Waals surface area contributed by atoms with Crippen molar-refractivity contribution in [2.75, 3.05) is 12.4 Å². The predicted octanol–water partition coefficient (Wildman–Crippen LogP) is 1.91. The third kappa shape index (κ3) is 3.62. The van der Waals surface area contributed by atoms with E-state index in [0.29, 0.717) is 11.5 Å². The van der Waals surface area contributed by atoms with E-state index in [1.807, 2.05) is 6.07 Å². The number of hydrogen-bond acceptors (Lipinski definition) is 3. The summed E-state index contributed by atoms with van der Waals surface area (Å²) in [6.45, 7) is 5.59. The maximum absolute atomic E-state index is 11.8. The fourth-order valence-corrected chi connectivity index (χ4v) is 2.17. The van der Waals surface area contributed by atoms with Gasteiger partial charge in [0.15, 0.2) is 0 Å². The van der Waals surface area contributed by atoms with Gasteiger partial charge in [-0.3, -0.25) is 4.21 Å². The van der Waals surface area contributed by atoms with E-state index < -0.39 is 16.8 Å². The largest absolute Gasteiger partial charge is 0.463 e. The molecule has 16 heavy (non-hydrogen) atoms. The van der Waals surface area contributed by atoms with E-state index in [9.17, 15) is 9.00 Å². The van der Waals surface area contributed by atoms with Crippen LogP contribution in [0.2, 0.25) is 0 Å². The van der Waals surface area contributed by atoms with Gasteiger partial charge in [-0.05, 0) is 19.1 Å². The molecule has 0 aliphatic carbocycles. The molecule has 0 radical (unpaired) electrons. The van der Waals surface area contributed by atoms with Crippen molar-refractivity contribution in [1.29, 1.82) is 0 Å². The smallest absolute Gasteiger partial charge is 0.334 e. The van der Waals surface area contributed by atoms with E-state index in [1.54, 1.807) is 31.2 Å². The molecule has 0 spiro atoms.